The van der Waals surface area contributed by atoms with Crippen LogP contribution in [0.25, 0.3) is 0 Å². The smallest absolute Gasteiger partial charge is 0.143 e. The summed E-state index contributed by atoms with van der Waals surface area (Å²) in [5.41, 5.74) is 7.87. The Balaban J connectivity index is 2.12. The summed E-state index contributed by atoms with van der Waals surface area (Å²) in [6, 6.07) is 4.72. The van der Waals surface area contributed by atoms with Crippen molar-refractivity contribution < 1.29 is 4.39 Å². The van der Waals surface area contributed by atoms with Gasteiger partial charge >= 0.3 is 0 Å². The number of rotatable bonds is 3. The molecule has 0 aliphatic heterocycles. The number of nitrogen functional groups attached to an aromatic ring is 1. The zero-order chi connectivity index (χ0) is 11.5. The molecule has 3 N–H and O–H groups in total. The third-order valence-corrected chi connectivity index (χ3v) is 3.18. The van der Waals surface area contributed by atoms with Crippen LogP contribution in [-0.4, -0.2) is 0 Å². The predicted octanol–water partition coefficient (Wildman–Crippen LogP) is 3.73. The lowest BCUT2D eigenvalue weighted by Gasteiger charge is -2.09. The second-order valence-corrected chi connectivity index (χ2v) is 4.53. The molecular formula is C11H10ClFN2S. The van der Waals surface area contributed by atoms with Gasteiger partial charge in [-0.15, -0.1) is 0 Å². The molecule has 1 aromatic heterocycles. The molecule has 16 heavy (non-hydrogen) atoms. The Kier molecular flexibility index (Phi) is 3.31. The van der Waals surface area contributed by atoms with E-state index in [1.807, 2.05) is 16.8 Å². The van der Waals surface area contributed by atoms with E-state index < -0.39 is 5.82 Å². The van der Waals surface area contributed by atoms with Crippen LogP contribution in [-0.2, 0) is 6.54 Å². The van der Waals surface area contributed by atoms with Crippen molar-refractivity contribution in [2.75, 3.05) is 11.1 Å². The number of nitrogens with two attached hydrogens (primary N) is 1. The minimum atomic E-state index is -0.469. The first-order chi connectivity index (χ1) is 7.66. The Morgan fingerprint density at radius 1 is 1.44 bits per heavy atom. The maximum absolute atomic E-state index is 13.2. The molecule has 0 saturated carbocycles. The van der Waals surface area contributed by atoms with E-state index in [4.69, 9.17) is 17.3 Å². The minimum Gasteiger partial charge on any atom is -0.397 e. The zero-order valence-corrected chi connectivity index (χ0v) is 9.91. The van der Waals surface area contributed by atoms with Gasteiger partial charge in [-0.1, -0.05) is 11.6 Å². The summed E-state index contributed by atoms with van der Waals surface area (Å²) in [6.07, 6.45) is 0. The molecule has 0 unspecified atom stereocenters. The average molecular weight is 257 g/mol. The van der Waals surface area contributed by atoms with E-state index >= 15 is 0 Å². The Morgan fingerprint density at radius 2 is 2.25 bits per heavy atom. The van der Waals surface area contributed by atoms with Crippen molar-refractivity contribution in [3.8, 4) is 0 Å². The first-order valence-electron chi connectivity index (χ1n) is 4.66. The van der Waals surface area contributed by atoms with Gasteiger partial charge in [-0.2, -0.15) is 11.3 Å². The maximum atomic E-state index is 13.2. The highest BCUT2D eigenvalue weighted by Gasteiger charge is 2.05. The van der Waals surface area contributed by atoms with Crippen LogP contribution in [0.2, 0.25) is 5.02 Å². The SMILES string of the molecule is Nc1cc(Cl)c(F)cc1NCc1ccsc1. The first-order valence-corrected chi connectivity index (χ1v) is 5.98. The summed E-state index contributed by atoms with van der Waals surface area (Å²) in [4.78, 5) is 0. The van der Waals surface area contributed by atoms with Gasteiger partial charge in [0.05, 0.1) is 16.4 Å². The normalized spacial score (nSPS) is 10.4. The summed E-state index contributed by atoms with van der Waals surface area (Å²) in [5.74, 6) is -0.469. The van der Waals surface area contributed by atoms with E-state index in [-0.39, 0.29) is 5.02 Å². The highest BCUT2D eigenvalue weighted by molar-refractivity contribution is 7.07. The van der Waals surface area contributed by atoms with Crippen LogP contribution in [0.5, 0.6) is 0 Å². The van der Waals surface area contributed by atoms with Gasteiger partial charge in [0.2, 0.25) is 0 Å². The van der Waals surface area contributed by atoms with Crippen LogP contribution in [0.3, 0.4) is 0 Å². The molecule has 0 fully saturated rings. The molecule has 0 atom stereocenters. The fraction of sp³-hybridized carbons (Fsp3) is 0.0909. The lowest BCUT2D eigenvalue weighted by molar-refractivity contribution is 0.629. The topological polar surface area (TPSA) is 38.0 Å². The molecule has 1 heterocycles. The van der Waals surface area contributed by atoms with Crippen LogP contribution in [0.15, 0.2) is 29.0 Å². The van der Waals surface area contributed by atoms with E-state index in [0.717, 1.165) is 5.56 Å². The largest absolute Gasteiger partial charge is 0.397 e. The van der Waals surface area contributed by atoms with Gasteiger partial charge in [-0.25, -0.2) is 4.39 Å². The molecule has 0 radical (unpaired) electrons. The monoisotopic (exact) mass is 256 g/mol. The van der Waals surface area contributed by atoms with Gasteiger partial charge in [-0.3, -0.25) is 0 Å². The number of hydrogen-bond acceptors (Lipinski definition) is 3. The molecule has 0 amide bonds. The van der Waals surface area contributed by atoms with Gasteiger partial charge in [0.1, 0.15) is 5.82 Å². The van der Waals surface area contributed by atoms with Gasteiger partial charge in [0, 0.05) is 12.6 Å². The van der Waals surface area contributed by atoms with Crippen LogP contribution >= 0.6 is 22.9 Å². The highest BCUT2D eigenvalue weighted by atomic mass is 35.5. The first kappa shape index (κ1) is 11.2. The molecule has 0 aliphatic rings. The van der Waals surface area contributed by atoms with Crippen molar-refractivity contribution in [1.82, 2.24) is 0 Å². The second kappa shape index (κ2) is 4.72. The van der Waals surface area contributed by atoms with Gasteiger partial charge < -0.3 is 11.1 Å². The van der Waals surface area contributed by atoms with E-state index in [9.17, 15) is 4.39 Å². The summed E-state index contributed by atoms with van der Waals surface area (Å²) >= 11 is 7.22. The average Bonchev–Trinajstić information content (AvgIpc) is 2.74. The van der Waals surface area contributed by atoms with E-state index in [1.54, 1.807) is 11.3 Å². The fourth-order valence-electron chi connectivity index (χ4n) is 1.31. The molecule has 0 spiro atoms. The van der Waals surface area contributed by atoms with Gasteiger partial charge in [0.25, 0.3) is 0 Å². The maximum Gasteiger partial charge on any atom is 0.143 e. The lowest BCUT2D eigenvalue weighted by Crippen LogP contribution is -2.02. The summed E-state index contributed by atoms with van der Waals surface area (Å²) < 4.78 is 13.2. The van der Waals surface area contributed by atoms with E-state index in [2.05, 4.69) is 5.32 Å². The summed E-state index contributed by atoms with van der Waals surface area (Å²) in [5, 5.41) is 7.12. The molecule has 1 aromatic carbocycles. The Bertz CT molecular complexity index is 485. The Labute approximate surface area is 102 Å². The molecule has 0 saturated heterocycles. The Morgan fingerprint density at radius 3 is 2.94 bits per heavy atom. The summed E-state index contributed by atoms with van der Waals surface area (Å²) in [6.45, 7) is 0.620. The van der Waals surface area contributed by atoms with Crippen molar-refractivity contribution in [2.24, 2.45) is 0 Å². The Hall–Kier alpha value is -1.26. The molecule has 0 aliphatic carbocycles. The standard InChI is InChI=1S/C11H10ClFN2S/c12-8-3-10(14)11(4-9(8)13)15-5-7-1-2-16-6-7/h1-4,6,15H,5,14H2. The number of thiophene rings is 1. The molecule has 2 nitrogen and oxygen atoms in total. The van der Waals surface area contributed by atoms with Crippen molar-refractivity contribution >= 4 is 34.3 Å². The molecule has 2 aromatic rings. The van der Waals surface area contributed by atoms with E-state index in [1.165, 1.54) is 12.1 Å². The van der Waals surface area contributed by atoms with Crippen LogP contribution < -0.4 is 11.1 Å². The minimum absolute atomic E-state index is 0.0404. The number of nitrogens with one attached hydrogen (secondary N) is 1. The highest BCUT2D eigenvalue weighted by Crippen LogP contribution is 2.26. The van der Waals surface area contributed by atoms with Crippen molar-refractivity contribution in [1.29, 1.82) is 0 Å². The van der Waals surface area contributed by atoms with Crippen LogP contribution in [0, 0.1) is 5.82 Å². The molecule has 0 bridgehead atoms. The second-order valence-electron chi connectivity index (χ2n) is 3.34. The van der Waals surface area contributed by atoms with Crippen LogP contribution in [0.4, 0.5) is 15.8 Å². The number of anilines is 2. The quantitative estimate of drug-likeness (QED) is 0.821. The molecular weight excluding hydrogens is 247 g/mol. The number of benzene rings is 1. The molecule has 5 heteroatoms. The number of hydrogen-bond donors (Lipinski definition) is 2. The van der Waals surface area contributed by atoms with Crippen molar-refractivity contribution in [2.45, 2.75) is 6.54 Å². The van der Waals surface area contributed by atoms with Gasteiger partial charge in [-0.05, 0) is 28.5 Å². The fourth-order valence-corrected chi connectivity index (χ4v) is 2.15. The molecule has 2 rings (SSSR count). The lowest BCUT2D eigenvalue weighted by atomic mass is 10.2. The third-order valence-electron chi connectivity index (χ3n) is 2.16. The third kappa shape index (κ3) is 2.46. The predicted molar refractivity (Wildman–Crippen MR) is 67.5 cm³/mol. The molecule has 84 valence electrons. The van der Waals surface area contributed by atoms with E-state index in [0.29, 0.717) is 17.9 Å². The van der Waals surface area contributed by atoms with Crippen LogP contribution in [0.1, 0.15) is 5.56 Å². The number of halogens is 2. The van der Waals surface area contributed by atoms with Crippen molar-refractivity contribution in [3.05, 3.63) is 45.4 Å². The van der Waals surface area contributed by atoms with Crippen molar-refractivity contribution in [3.63, 3.8) is 0 Å². The zero-order valence-electron chi connectivity index (χ0n) is 8.34. The summed E-state index contributed by atoms with van der Waals surface area (Å²) in [7, 11) is 0. The van der Waals surface area contributed by atoms with Gasteiger partial charge in [0.15, 0.2) is 0 Å².